The van der Waals surface area contributed by atoms with E-state index in [4.69, 9.17) is 10.5 Å². The predicted octanol–water partition coefficient (Wildman–Crippen LogP) is 1.24. The molecule has 2 aliphatic rings. The molecule has 2 heterocycles. The van der Waals surface area contributed by atoms with Crippen molar-refractivity contribution in [3.8, 4) is 0 Å². The van der Waals surface area contributed by atoms with E-state index < -0.39 is 0 Å². The first-order chi connectivity index (χ1) is 7.31. The molecule has 0 saturated carbocycles. The highest BCUT2D eigenvalue weighted by atomic mass is 16.5. The molecule has 1 aromatic rings. The summed E-state index contributed by atoms with van der Waals surface area (Å²) < 4.78 is 5.58. The fraction of sp³-hybridized carbons (Fsp3) is 0.500. The zero-order valence-electron chi connectivity index (χ0n) is 8.73. The maximum atomic E-state index is 5.66. The number of anilines is 1. The smallest absolute Gasteiger partial charge is 0.0718 e. The van der Waals surface area contributed by atoms with E-state index >= 15 is 0 Å². The van der Waals surface area contributed by atoms with Crippen LogP contribution in [0.4, 0.5) is 5.69 Å². The summed E-state index contributed by atoms with van der Waals surface area (Å²) in [4.78, 5) is 2.51. The van der Waals surface area contributed by atoms with E-state index in [2.05, 4.69) is 17.0 Å². The highest BCUT2D eigenvalue weighted by Crippen LogP contribution is 2.29. The van der Waals surface area contributed by atoms with Crippen LogP contribution < -0.4 is 5.73 Å². The maximum absolute atomic E-state index is 5.66. The highest BCUT2D eigenvalue weighted by Gasteiger charge is 2.38. The Bertz CT molecular complexity index is 349. The van der Waals surface area contributed by atoms with Gasteiger partial charge in [0.05, 0.1) is 12.7 Å². The summed E-state index contributed by atoms with van der Waals surface area (Å²) in [5.41, 5.74) is 7.84. The van der Waals surface area contributed by atoms with Crippen LogP contribution in [0, 0.1) is 0 Å². The second kappa shape index (κ2) is 3.51. The van der Waals surface area contributed by atoms with Crippen LogP contribution >= 0.6 is 0 Å². The first kappa shape index (κ1) is 9.19. The minimum Gasteiger partial charge on any atom is -0.399 e. The number of likely N-dealkylation sites (tertiary alicyclic amines) is 1. The van der Waals surface area contributed by atoms with Crippen LogP contribution in [0.25, 0.3) is 0 Å². The summed E-state index contributed by atoms with van der Waals surface area (Å²) in [7, 11) is 0. The third-order valence-corrected chi connectivity index (χ3v) is 3.38. The van der Waals surface area contributed by atoms with Crippen molar-refractivity contribution in [2.24, 2.45) is 0 Å². The molecule has 2 fully saturated rings. The van der Waals surface area contributed by atoms with Crippen molar-refractivity contribution >= 4 is 5.69 Å². The van der Waals surface area contributed by atoms with Gasteiger partial charge in [0.15, 0.2) is 0 Å². The number of hydrogen-bond acceptors (Lipinski definition) is 3. The second-order valence-electron chi connectivity index (χ2n) is 4.52. The third-order valence-electron chi connectivity index (χ3n) is 3.38. The number of nitrogens with two attached hydrogens (primary N) is 1. The molecule has 0 aromatic heterocycles. The molecular weight excluding hydrogens is 188 g/mol. The largest absolute Gasteiger partial charge is 0.399 e. The van der Waals surface area contributed by atoms with Gasteiger partial charge in [0.1, 0.15) is 0 Å². The van der Waals surface area contributed by atoms with Crippen LogP contribution in [0.3, 0.4) is 0 Å². The summed E-state index contributed by atoms with van der Waals surface area (Å²) in [6.07, 6.45) is 1.71. The van der Waals surface area contributed by atoms with Crippen LogP contribution in [0.2, 0.25) is 0 Å². The Morgan fingerprint density at radius 3 is 2.73 bits per heavy atom. The van der Waals surface area contributed by atoms with Crippen molar-refractivity contribution < 1.29 is 4.74 Å². The molecule has 1 aromatic carbocycles. The van der Waals surface area contributed by atoms with Gasteiger partial charge in [0, 0.05) is 24.8 Å². The molecule has 0 radical (unpaired) electrons. The Labute approximate surface area is 89.8 Å². The molecule has 2 aliphatic heterocycles. The predicted molar refractivity (Wildman–Crippen MR) is 59.4 cm³/mol. The number of hydrogen-bond donors (Lipinski definition) is 1. The molecule has 15 heavy (non-hydrogen) atoms. The topological polar surface area (TPSA) is 38.5 Å². The molecule has 2 saturated heterocycles. The molecule has 2 N–H and O–H groups in total. The van der Waals surface area contributed by atoms with E-state index in [1.807, 2.05) is 12.1 Å². The van der Waals surface area contributed by atoms with Crippen LogP contribution in [0.15, 0.2) is 24.3 Å². The summed E-state index contributed by atoms with van der Waals surface area (Å²) in [5, 5.41) is 0. The lowest BCUT2D eigenvalue weighted by Crippen LogP contribution is -2.36. The van der Waals surface area contributed by atoms with E-state index in [9.17, 15) is 0 Å². The zero-order valence-corrected chi connectivity index (χ0v) is 8.73. The van der Waals surface area contributed by atoms with Gasteiger partial charge in [0.2, 0.25) is 0 Å². The van der Waals surface area contributed by atoms with Crippen LogP contribution in [-0.4, -0.2) is 30.2 Å². The molecular formula is C12H16N2O. The average Bonchev–Trinajstić information content (AvgIpc) is 2.83. The fourth-order valence-electron chi connectivity index (χ4n) is 2.53. The standard InChI is InChI=1S/C12H16N2O/c13-10-3-1-9(2-4-10)6-14-7-12-5-11(14)8-15-12/h1-4,11-12H,5-8,13H2. The van der Waals surface area contributed by atoms with Gasteiger partial charge in [-0.1, -0.05) is 12.1 Å². The molecule has 0 amide bonds. The van der Waals surface area contributed by atoms with Crippen molar-refractivity contribution in [2.45, 2.75) is 25.1 Å². The summed E-state index contributed by atoms with van der Waals surface area (Å²) >= 11 is 0. The summed E-state index contributed by atoms with van der Waals surface area (Å²) in [5.74, 6) is 0. The van der Waals surface area contributed by atoms with E-state index in [1.165, 1.54) is 12.0 Å². The minimum absolute atomic E-state index is 0.490. The number of nitrogens with zero attached hydrogens (tertiary/aromatic N) is 1. The van der Waals surface area contributed by atoms with E-state index in [0.29, 0.717) is 12.1 Å². The normalized spacial score (nSPS) is 29.9. The molecule has 0 aliphatic carbocycles. The van der Waals surface area contributed by atoms with Gasteiger partial charge < -0.3 is 10.5 Å². The summed E-state index contributed by atoms with van der Waals surface area (Å²) in [6.45, 7) is 3.04. The first-order valence-corrected chi connectivity index (χ1v) is 5.51. The number of rotatable bonds is 2. The Morgan fingerprint density at radius 1 is 1.33 bits per heavy atom. The lowest BCUT2D eigenvalue weighted by molar-refractivity contribution is 0.0273. The van der Waals surface area contributed by atoms with Gasteiger partial charge >= 0.3 is 0 Å². The Morgan fingerprint density at radius 2 is 2.13 bits per heavy atom. The van der Waals surface area contributed by atoms with Crippen LogP contribution in [0.5, 0.6) is 0 Å². The lowest BCUT2D eigenvalue weighted by Gasteiger charge is -2.26. The van der Waals surface area contributed by atoms with Crippen molar-refractivity contribution in [1.29, 1.82) is 0 Å². The monoisotopic (exact) mass is 204 g/mol. The average molecular weight is 204 g/mol. The first-order valence-electron chi connectivity index (χ1n) is 5.51. The summed E-state index contributed by atoms with van der Waals surface area (Å²) in [6, 6.07) is 8.82. The third kappa shape index (κ3) is 1.73. The highest BCUT2D eigenvalue weighted by molar-refractivity contribution is 5.39. The number of benzene rings is 1. The minimum atomic E-state index is 0.490. The van der Waals surface area contributed by atoms with E-state index in [0.717, 1.165) is 25.4 Å². The number of nitrogen functional groups attached to an aromatic ring is 1. The molecule has 3 nitrogen and oxygen atoms in total. The Kier molecular flexibility index (Phi) is 2.15. The van der Waals surface area contributed by atoms with Crippen molar-refractivity contribution in [2.75, 3.05) is 18.9 Å². The molecule has 3 heteroatoms. The Hall–Kier alpha value is -1.06. The van der Waals surface area contributed by atoms with Crippen molar-refractivity contribution in [3.05, 3.63) is 29.8 Å². The van der Waals surface area contributed by atoms with Gasteiger partial charge in [0.25, 0.3) is 0 Å². The van der Waals surface area contributed by atoms with E-state index in [1.54, 1.807) is 0 Å². The number of ether oxygens (including phenoxy) is 1. The molecule has 0 spiro atoms. The quantitative estimate of drug-likeness (QED) is 0.737. The van der Waals surface area contributed by atoms with Gasteiger partial charge in [-0.25, -0.2) is 0 Å². The van der Waals surface area contributed by atoms with Crippen molar-refractivity contribution in [3.63, 3.8) is 0 Å². The van der Waals surface area contributed by atoms with Gasteiger partial charge in [-0.2, -0.15) is 0 Å². The maximum Gasteiger partial charge on any atom is 0.0718 e. The fourth-order valence-corrected chi connectivity index (χ4v) is 2.53. The van der Waals surface area contributed by atoms with Gasteiger partial charge in [-0.05, 0) is 24.1 Å². The van der Waals surface area contributed by atoms with Crippen LogP contribution in [-0.2, 0) is 11.3 Å². The molecule has 80 valence electrons. The lowest BCUT2D eigenvalue weighted by atomic mass is 10.2. The van der Waals surface area contributed by atoms with E-state index in [-0.39, 0.29) is 0 Å². The van der Waals surface area contributed by atoms with Crippen molar-refractivity contribution in [1.82, 2.24) is 4.90 Å². The van der Waals surface area contributed by atoms with Gasteiger partial charge in [-0.15, -0.1) is 0 Å². The second-order valence-corrected chi connectivity index (χ2v) is 4.52. The molecule has 2 bridgehead atoms. The molecule has 2 unspecified atom stereocenters. The van der Waals surface area contributed by atoms with Crippen LogP contribution in [0.1, 0.15) is 12.0 Å². The number of morpholine rings is 1. The Balaban J connectivity index is 1.68. The SMILES string of the molecule is Nc1ccc(CN2CC3CC2CO3)cc1. The van der Waals surface area contributed by atoms with Gasteiger partial charge in [-0.3, -0.25) is 4.90 Å². The molecule has 2 atom stereocenters. The zero-order chi connectivity index (χ0) is 10.3. The number of fused-ring (bicyclic) bond motifs is 2. The molecule has 3 rings (SSSR count).